The molecule has 0 aliphatic heterocycles. The summed E-state index contributed by atoms with van der Waals surface area (Å²) >= 11 is 0. The van der Waals surface area contributed by atoms with Crippen LogP contribution in [0.4, 0.5) is 0 Å². The summed E-state index contributed by atoms with van der Waals surface area (Å²) in [6.45, 7) is 0. The number of para-hydroxylation sites is 1. The van der Waals surface area contributed by atoms with Crippen LogP contribution in [0.3, 0.4) is 0 Å². The van der Waals surface area contributed by atoms with E-state index in [4.69, 9.17) is 15.0 Å². The van der Waals surface area contributed by atoms with Crippen molar-refractivity contribution in [2.24, 2.45) is 0 Å². The molecule has 0 fully saturated rings. The summed E-state index contributed by atoms with van der Waals surface area (Å²) in [5.74, 6) is 1.84. The highest BCUT2D eigenvalue weighted by molar-refractivity contribution is 6.23. The molecule has 0 aliphatic carbocycles. The van der Waals surface area contributed by atoms with Crippen LogP contribution in [-0.2, 0) is 0 Å². The van der Waals surface area contributed by atoms with Gasteiger partial charge in [-0.15, -0.1) is 0 Å². The van der Waals surface area contributed by atoms with E-state index < -0.39 is 0 Å². The van der Waals surface area contributed by atoms with E-state index in [1.54, 1.807) is 0 Å². The Bertz CT molecular complexity index is 3490. The zero-order valence-corrected chi connectivity index (χ0v) is 31.3. The molecule has 270 valence electrons. The molecule has 0 bridgehead atoms. The van der Waals surface area contributed by atoms with E-state index in [0.29, 0.717) is 17.6 Å². The summed E-state index contributed by atoms with van der Waals surface area (Å²) in [6.07, 6.45) is 0. The van der Waals surface area contributed by atoms with Gasteiger partial charge in [0, 0.05) is 38.4 Å². The number of aromatic nitrogens is 5. The Morgan fingerprint density at radius 1 is 0.293 bits per heavy atom. The third-order valence-electron chi connectivity index (χ3n) is 11.5. The molecule has 3 aromatic heterocycles. The predicted molar refractivity (Wildman–Crippen MR) is 240 cm³/mol. The molecular formula is C53H33N5. The molecule has 3 heterocycles. The molecule has 0 radical (unpaired) electrons. The maximum atomic E-state index is 5.19. The second-order valence-electron chi connectivity index (χ2n) is 14.8. The summed E-state index contributed by atoms with van der Waals surface area (Å²) in [5.41, 5.74) is 9.79. The number of benzene rings is 9. The number of hydrogen-bond donors (Lipinski definition) is 0. The molecule has 5 heteroatoms. The quantitative estimate of drug-likeness (QED) is 0.177. The van der Waals surface area contributed by atoms with Gasteiger partial charge in [-0.1, -0.05) is 152 Å². The topological polar surface area (TPSA) is 48.5 Å². The Labute approximate surface area is 333 Å². The fourth-order valence-corrected chi connectivity index (χ4v) is 8.91. The van der Waals surface area contributed by atoms with E-state index in [-0.39, 0.29) is 0 Å². The highest BCUT2D eigenvalue weighted by atomic mass is 15.2. The Morgan fingerprint density at radius 3 is 1.26 bits per heavy atom. The Hall–Kier alpha value is -7.89. The van der Waals surface area contributed by atoms with Crippen molar-refractivity contribution in [2.75, 3.05) is 0 Å². The molecule has 12 rings (SSSR count). The third kappa shape index (κ3) is 5.00. The van der Waals surface area contributed by atoms with Gasteiger partial charge < -0.3 is 4.57 Å². The number of rotatable bonds is 5. The van der Waals surface area contributed by atoms with Crippen LogP contribution in [-0.4, -0.2) is 24.1 Å². The van der Waals surface area contributed by atoms with Gasteiger partial charge in [-0.05, 0) is 81.2 Å². The van der Waals surface area contributed by atoms with E-state index in [1.165, 1.54) is 48.7 Å². The third-order valence-corrected chi connectivity index (χ3v) is 11.5. The van der Waals surface area contributed by atoms with Crippen molar-refractivity contribution in [2.45, 2.75) is 0 Å². The lowest BCUT2D eigenvalue weighted by Crippen LogP contribution is -2.06. The van der Waals surface area contributed by atoms with Crippen molar-refractivity contribution < 1.29 is 0 Å². The largest absolute Gasteiger partial charge is 0.309 e. The van der Waals surface area contributed by atoms with Crippen LogP contribution in [0.15, 0.2) is 200 Å². The minimum Gasteiger partial charge on any atom is -0.309 e. The minimum absolute atomic E-state index is 0.581. The van der Waals surface area contributed by atoms with Crippen molar-refractivity contribution in [1.29, 1.82) is 0 Å². The zero-order chi connectivity index (χ0) is 38.2. The van der Waals surface area contributed by atoms with Crippen LogP contribution in [0, 0.1) is 0 Å². The van der Waals surface area contributed by atoms with Crippen molar-refractivity contribution in [3.05, 3.63) is 200 Å². The maximum Gasteiger partial charge on any atom is 0.238 e. The summed E-state index contributed by atoms with van der Waals surface area (Å²) in [5, 5.41) is 9.67. The highest BCUT2D eigenvalue weighted by Crippen LogP contribution is 2.42. The first kappa shape index (κ1) is 32.4. The van der Waals surface area contributed by atoms with Gasteiger partial charge in [0.15, 0.2) is 11.6 Å². The van der Waals surface area contributed by atoms with Crippen molar-refractivity contribution in [1.82, 2.24) is 24.1 Å². The second-order valence-corrected chi connectivity index (χ2v) is 14.8. The zero-order valence-electron chi connectivity index (χ0n) is 31.3. The lowest BCUT2D eigenvalue weighted by molar-refractivity contribution is 0.953. The van der Waals surface area contributed by atoms with Gasteiger partial charge in [0.2, 0.25) is 5.95 Å². The van der Waals surface area contributed by atoms with E-state index in [2.05, 4.69) is 173 Å². The Balaban J connectivity index is 1.12. The average Bonchev–Trinajstić information content (AvgIpc) is 3.82. The highest BCUT2D eigenvalue weighted by Gasteiger charge is 2.21. The summed E-state index contributed by atoms with van der Waals surface area (Å²) in [4.78, 5) is 15.4. The van der Waals surface area contributed by atoms with Crippen molar-refractivity contribution in [3.8, 4) is 45.5 Å². The Kier molecular flexibility index (Phi) is 7.16. The molecule has 58 heavy (non-hydrogen) atoms. The summed E-state index contributed by atoms with van der Waals surface area (Å²) < 4.78 is 4.61. The summed E-state index contributed by atoms with van der Waals surface area (Å²) in [7, 11) is 0. The van der Waals surface area contributed by atoms with E-state index >= 15 is 0 Å². The Morgan fingerprint density at radius 2 is 0.724 bits per heavy atom. The van der Waals surface area contributed by atoms with Crippen LogP contribution in [0.5, 0.6) is 0 Å². The molecule has 5 nitrogen and oxygen atoms in total. The van der Waals surface area contributed by atoms with Gasteiger partial charge in [-0.25, -0.2) is 4.98 Å². The van der Waals surface area contributed by atoms with Gasteiger partial charge in [0.05, 0.1) is 22.1 Å². The fraction of sp³-hybridized carbons (Fsp3) is 0. The number of nitrogens with zero attached hydrogens (tertiary/aromatic N) is 5. The van der Waals surface area contributed by atoms with Gasteiger partial charge in [0.1, 0.15) is 0 Å². The number of fused-ring (bicyclic) bond motifs is 10. The normalized spacial score (nSPS) is 11.8. The van der Waals surface area contributed by atoms with Crippen molar-refractivity contribution >= 4 is 65.2 Å². The molecular weight excluding hydrogens is 707 g/mol. The first-order valence-corrected chi connectivity index (χ1v) is 19.6. The molecule has 0 N–H and O–H groups in total. The van der Waals surface area contributed by atoms with Crippen LogP contribution in [0.25, 0.3) is 111 Å². The molecule has 0 amide bonds. The SMILES string of the molecule is c1ccc(-c2nc(-c3ccccc3)nc(-n3c4ccc(-c5ccc6c(c5)c5c7ccccc7ccc5n6-c5ccccc5)cc4c4c5ccccc5ccc43)n2)cc1. The van der Waals surface area contributed by atoms with Crippen molar-refractivity contribution in [3.63, 3.8) is 0 Å². The van der Waals surface area contributed by atoms with Crippen LogP contribution >= 0.6 is 0 Å². The van der Waals surface area contributed by atoms with Crippen LogP contribution in [0.1, 0.15) is 0 Å². The molecule has 0 aliphatic rings. The lowest BCUT2D eigenvalue weighted by atomic mass is 9.98. The first-order valence-electron chi connectivity index (χ1n) is 19.6. The van der Waals surface area contributed by atoms with Gasteiger partial charge in [0.25, 0.3) is 0 Å². The van der Waals surface area contributed by atoms with Gasteiger partial charge >= 0.3 is 0 Å². The standard InChI is InChI=1S/C53H33N5/c1-4-16-36(17-5-1)51-54-52(37-18-6-2-7-19-37)56-53(55-51)58-46-29-27-39(33-44(46)50-42-23-13-11-15-35(42)25-31-48(50)58)38-26-28-45-43(32-38)49-41-22-12-10-14-34(41)24-30-47(49)57(45)40-20-8-3-9-21-40/h1-33H. The minimum atomic E-state index is 0.581. The summed E-state index contributed by atoms with van der Waals surface area (Å²) in [6, 6.07) is 71.0. The molecule has 0 unspecified atom stereocenters. The second kappa shape index (κ2) is 12.8. The molecule has 0 saturated carbocycles. The molecule has 12 aromatic rings. The van der Waals surface area contributed by atoms with Crippen LogP contribution in [0.2, 0.25) is 0 Å². The van der Waals surface area contributed by atoms with Gasteiger partial charge in [-0.2, -0.15) is 9.97 Å². The molecule has 0 spiro atoms. The first-order chi connectivity index (χ1) is 28.8. The maximum absolute atomic E-state index is 5.19. The smallest absolute Gasteiger partial charge is 0.238 e. The number of hydrogen-bond acceptors (Lipinski definition) is 3. The monoisotopic (exact) mass is 739 g/mol. The van der Waals surface area contributed by atoms with E-state index in [1.807, 2.05) is 36.4 Å². The van der Waals surface area contributed by atoms with E-state index in [0.717, 1.165) is 44.4 Å². The molecule has 0 atom stereocenters. The molecule has 9 aromatic carbocycles. The predicted octanol–water partition coefficient (Wildman–Crippen LogP) is 13.4. The molecule has 0 saturated heterocycles. The van der Waals surface area contributed by atoms with E-state index in [9.17, 15) is 0 Å². The van der Waals surface area contributed by atoms with Crippen LogP contribution < -0.4 is 0 Å². The fourth-order valence-electron chi connectivity index (χ4n) is 8.91. The average molecular weight is 740 g/mol. The van der Waals surface area contributed by atoms with Gasteiger partial charge in [-0.3, -0.25) is 4.57 Å². The lowest BCUT2D eigenvalue weighted by Gasteiger charge is -2.11.